The Labute approximate surface area is 340 Å². The third kappa shape index (κ3) is 9.00. The summed E-state index contributed by atoms with van der Waals surface area (Å²) >= 11 is 0. The maximum absolute atomic E-state index is 12.4. The molecule has 6 aromatic carbocycles. The Morgan fingerprint density at radius 1 is 0.550 bits per heavy atom. The Morgan fingerprint density at radius 2 is 1.07 bits per heavy atom. The number of nitrogen functional groups attached to an aromatic ring is 1. The number of phenolic OH excluding ortho intramolecular Hbond substituents is 1. The molecule has 0 atom stereocenters. The molecule has 0 bridgehead atoms. The second kappa shape index (κ2) is 16.0. The Morgan fingerprint density at radius 3 is 1.62 bits per heavy atom. The molecule has 0 amide bonds. The molecule has 0 radical (unpaired) electrons. The Kier molecular flexibility index (Phi) is 11.3. The summed E-state index contributed by atoms with van der Waals surface area (Å²) < 4.78 is 101. The molecule has 0 heterocycles. The van der Waals surface area contributed by atoms with Crippen LogP contribution in [0.5, 0.6) is 11.5 Å². The number of nitrogens with zero attached hydrogens (tertiary/aromatic N) is 6. The van der Waals surface area contributed by atoms with Crippen molar-refractivity contribution in [2.24, 2.45) is 30.7 Å². The van der Waals surface area contributed by atoms with E-state index in [1.165, 1.54) is 30.3 Å². The van der Waals surface area contributed by atoms with E-state index in [0.717, 1.165) is 34.9 Å². The molecule has 0 aliphatic carbocycles. The summed E-state index contributed by atoms with van der Waals surface area (Å²) in [6, 6.07) is 19.6. The minimum absolute atomic E-state index is 0.200. The zero-order chi connectivity index (χ0) is 43.9. The van der Waals surface area contributed by atoms with Gasteiger partial charge in [-0.15, -0.1) is 15.3 Å². The molecule has 0 aliphatic heterocycles. The lowest BCUT2D eigenvalue weighted by Gasteiger charge is -2.12. The van der Waals surface area contributed by atoms with Crippen molar-refractivity contribution in [3.63, 3.8) is 0 Å². The predicted octanol–water partition coefficient (Wildman–Crippen LogP) is 8.80. The highest BCUT2D eigenvalue weighted by atomic mass is 32.2. The van der Waals surface area contributed by atoms with Crippen molar-refractivity contribution in [3.8, 4) is 22.6 Å². The fourth-order valence-corrected chi connectivity index (χ4v) is 7.70. The van der Waals surface area contributed by atoms with Gasteiger partial charge in [0, 0.05) is 5.39 Å². The largest absolute Gasteiger partial charge is 0.507 e. The number of fused-ring (bicyclic) bond motifs is 1. The van der Waals surface area contributed by atoms with Crippen LogP contribution >= 0.6 is 0 Å². The first-order valence-corrected chi connectivity index (χ1v) is 21.0. The van der Waals surface area contributed by atoms with Crippen molar-refractivity contribution >= 4 is 86.9 Å². The number of nitrogens with two attached hydrogens (primary N) is 1. The highest BCUT2D eigenvalue weighted by Gasteiger charge is 2.24. The van der Waals surface area contributed by atoms with E-state index in [-0.39, 0.29) is 27.7 Å². The van der Waals surface area contributed by atoms with Crippen LogP contribution in [0.3, 0.4) is 0 Å². The van der Waals surface area contributed by atoms with Crippen LogP contribution < -0.4 is 5.73 Å². The molecular formula is C37H29N7O13S3. The quantitative estimate of drug-likeness (QED) is 0.0363. The molecule has 6 aromatic rings. The number of benzene rings is 6. The van der Waals surface area contributed by atoms with Gasteiger partial charge in [0.15, 0.2) is 5.75 Å². The lowest BCUT2D eigenvalue weighted by molar-refractivity contribution is 0.0693. The van der Waals surface area contributed by atoms with Crippen molar-refractivity contribution in [3.05, 3.63) is 108 Å². The van der Waals surface area contributed by atoms with Gasteiger partial charge in [0.25, 0.3) is 30.4 Å². The van der Waals surface area contributed by atoms with E-state index in [2.05, 4.69) is 30.7 Å². The summed E-state index contributed by atoms with van der Waals surface area (Å²) in [7, 11) is -15.1. The molecule has 308 valence electrons. The molecule has 0 aromatic heterocycles. The van der Waals surface area contributed by atoms with Crippen LogP contribution in [-0.4, -0.2) is 60.2 Å². The topological polar surface area (TPSA) is 341 Å². The number of anilines is 1. The highest BCUT2D eigenvalue weighted by molar-refractivity contribution is 7.87. The number of hydrogen-bond acceptors (Lipinski definition) is 16. The molecule has 23 heteroatoms. The van der Waals surface area contributed by atoms with E-state index >= 15 is 0 Å². The smallest absolute Gasteiger partial charge is 0.339 e. The Hall–Kier alpha value is -7.02. The molecule has 0 unspecified atom stereocenters. The van der Waals surface area contributed by atoms with Gasteiger partial charge < -0.3 is 21.1 Å². The second-order valence-corrected chi connectivity index (χ2v) is 17.0. The Balaban J connectivity index is 1.31. The van der Waals surface area contributed by atoms with Gasteiger partial charge in [0.2, 0.25) is 0 Å². The summed E-state index contributed by atoms with van der Waals surface area (Å²) in [5.41, 5.74) is 8.29. The minimum atomic E-state index is -5.16. The number of rotatable bonds is 11. The highest BCUT2D eigenvalue weighted by Crippen LogP contribution is 2.46. The zero-order valence-electron chi connectivity index (χ0n) is 30.7. The minimum Gasteiger partial charge on any atom is -0.507 e. The number of phenols is 2. The lowest BCUT2D eigenvalue weighted by Crippen LogP contribution is -2.03. The normalized spacial score (nSPS) is 12.6. The van der Waals surface area contributed by atoms with Crippen LogP contribution in [0.2, 0.25) is 0 Å². The van der Waals surface area contributed by atoms with Gasteiger partial charge in [-0.2, -0.15) is 40.6 Å². The first kappa shape index (κ1) is 42.6. The van der Waals surface area contributed by atoms with E-state index in [9.17, 15) is 59.0 Å². The summed E-state index contributed by atoms with van der Waals surface area (Å²) in [6.45, 7) is 3.57. The van der Waals surface area contributed by atoms with Crippen LogP contribution in [0.4, 0.5) is 39.8 Å². The lowest BCUT2D eigenvalue weighted by atomic mass is 10.0. The third-order valence-electron chi connectivity index (χ3n) is 8.76. The third-order valence-corrected chi connectivity index (χ3v) is 11.4. The molecule has 0 fully saturated rings. The van der Waals surface area contributed by atoms with E-state index < -0.39 is 79.6 Å². The van der Waals surface area contributed by atoms with Crippen molar-refractivity contribution < 1.29 is 59.0 Å². The average Bonchev–Trinajstić information content (AvgIpc) is 3.16. The fraction of sp³-hybridized carbons (Fsp3) is 0.0541. The van der Waals surface area contributed by atoms with Gasteiger partial charge >= 0.3 is 5.97 Å². The van der Waals surface area contributed by atoms with Gasteiger partial charge in [-0.05, 0) is 109 Å². The number of carboxylic acids is 1. The standard InChI is InChI=1S/C37H29N7O13S3/c1-18-13-20(3-8-26(18)40-39-22-5-12-31(45)25(15-22)37(47)48)21-4-9-27(19(2)14-21)41-43-29-11-7-24-32(59(52,53)54)17-30(35(38)34(24)36(29)46)44-42-28-10-6-23(58(49,50)51)16-33(28)60(55,56)57/h3-17,45-46H,38H2,1-2H3,(H,47,48)(H,49,50,51)(H,52,53,54)(H,55,56,57). The van der Waals surface area contributed by atoms with Gasteiger partial charge in [-0.3, -0.25) is 13.7 Å². The summed E-state index contributed by atoms with van der Waals surface area (Å²) in [6.07, 6.45) is 0. The molecule has 0 saturated heterocycles. The van der Waals surface area contributed by atoms with Crippen LogP contribution in [-0.2, 0) is 30.4 Å². The zero-order valence-corrected chi connectivity index (χ0v) is 33.1. The van der Waals surface area contributed by atoms with Crippen LogP contribution in [0, 0.1) is 13.8 Å². The van der Waals surface area contributed by atoms with Crippen molar-refractivity contribution in [2.45, 2.75) is 28.5 Å². The van der Waals surface area contributed by atoms with E-state index in [1.807, 2.05) is 19.1 Å². The molecule has 8 N–H and O–H groups in total. The van der Waals surface area contributed by atoms with Crippen LogP contribution in [0.1, 0.15) is 21.5 Å². The van der Waals surface area contributed by atoms with Crippen LogP contribution in [0.15, 0.2) is 136 Å². The van der Waals surface area contributed by atoms with Gasteiger partial charge in [0.05, 0.1) is 33.0 Å². The van der Waals surface area contributed by atoms with Crippen molar-refractivity contribution in [1.29, 1.82) is 0 Å². The number of aryl methyl sites for hydroxylation is 2. The second-order valence-electron chi connectivity index (χ2n) is 12.8. The maximum atomic E-state index is 12.4. The number of carboxylic acid groups (broad SMARTS) is 1. The summed E-state index contributed by atoms with van der Waals surface area (Å²) in [4.78, 5) is 8.54. The maximum Gasteiger partial charge on any atom is 0.339 e. The summed E-state index contributed by atoms with van der Waals surface area (Å²) in [5.74, 6) is -2.40. The molecular weight excluding hydrogens is 847 g/mol. The molecule has 20 nitrogen and oxygen atoms in total. The molecule has 60 heavy (non-hydrogen) atoms. The van der Waals surface area contributed by atoms with Gasteiger partial charge in [0.1, 0.15) is 38.2 Å². The number of aromatic carboxylic acids is 1. The van der Waals surface area contributed by atoms with E-state index in [4.69, 9.17) is 5.73 Å². The number of azo groups is 3. The first-order chi connectivity index (χ1) is 28.0. The molecule has 0 saturated carbocycles. The van der Waals surface area contributed by atoms with Gasteiger partial charge in [-0.25, -0.2) is 4.79 Å². The molecule has 6 rings (SSSR count). The van der Waals surface area contributed by atoms with Gasteiger partial charge in [-0.1, -0.05) is 18.2 Å². The number of hydrogen-bond donors (Lipinski definition) is 7. The number of aromatic hydroxyl groups is 2. The van der Waals surface area contributed by atoms with Crippen molar-refractivity contribution in [1.82, 2.24) is 0 Å². The molecule has 0 aliphatic rings. The SMILES string of the molecule is Cc1cc(-c2ccc(N=Nc3ccc4c(S(=O)(=O)O)cc(N=Nc5ccc(S(=O)(=O)O)cc5S(=O)(=O)O)c(N)c4c3O)c(C)c2)ccc1N=Nc1ccc(O)c(C(=O)O)c1. The summed E-state index contributed by atoms with van der Waals surface area (Å²) in [5, 5.41) is 53.7. The molecule has 0 spiro atoms. The van der Waals surface area contributed by atoms with Crippen LogP contribution in [0.25, 0.3) is 21.9 Å². The fourth-order valence-electron chi connectivity index (χ4n) is 5.77. The first-order valence-electron chi connectivity index (χ1n) is 16.7. The predicted molar refractivity (Wildman–Crippen MR) is 215 cm³/mol. The van der Waals surface area contributed by atoms with Crippen molar-refractivity contribution in [2.75, 3.05) is 5.73 Å². The van der Waals surface area contributed by atoms with E-state index in [1.54, 1.807) is 31.2 Å². The average molecular weight is 876 g/mol. The Bertz CT molecular complexity index is 3230. The monoisotopic (exact) mass is 875 g/mol. The van der Waals surface area contributed by atoms with E-state index in [0.29, 0.717) is 23.0 Å². The number of carbonyl (C=O) groups is 1.